The Morgan fingerprint density at radius 1 is 0.828 bits per heavy atom. The molecular weight excluding hydrogens is 368 g/mol. The minimum absolute atomic E-state index is 0.134. The van der Waals surface area contributed by atoms with Crippen molar-refractivity contribution in [2.24, 2.45) is 0 Å². The summed E-state index contributed by atoms with van der Waals surface area (Å²) >= 11 is 0. The molecule has 1 aliphatic heterocycles. The second-order valence-corrected chi connectivity index (χ2v) is 6.73. The van der Waals surface area contributed by atoms with E-state index in [2.05, 4.69) is 0 Å². The first-order valence-electron chi connectivity index (χ1n) is 9.39. The monoisotopic (exact) mass is 388 g/mol. The predicted octanol–water partition coefficient (Wildman–Crippen LogP) is 4.36. The second-order valence-electron chi connectivity index (χ2n) is 6.73. The summed E-state index contributed by atoms with van der Waals surface area (Å²) in [5, 5.41) is 0. The largest absolute Gasteiger partial charge is 0.457 e. The number of hydrogen-bond acceptors (Lipinski definition) is 5. The van der Waals surface area contributed by atoms with Gasteiger partial charge in [-0.1, -0.05) is 60.7 Å². The number of fused-ring (bicyclic) bond motifs is 1. The van der Waals surface area contributed by atoms with Crippen LogP contribution >= 0.6 is 0 Å². The highest BCUT2D eigenvalue weighted by Crippen LogP contribution is 2.32. The Hall–Kier alpha value is -3.60. The maximum Gasteiger partial charge on any atom is 0.307 e. The van der Waals surface area contributed by atoms with Gasteiger partial charge in [-0.2, -0.15) is 0 Å². The molecule has 0 unspecified atom stereocenters. The molecule has 5 nitrogen and oxygen atoms in total. The molecule has 0 fully saturated rings. The molecule has 4 rings (SSSR count). The number of carbonyl (C=O) groups excluding carboxylic acids is 2. The molecule has 0 radical (unpaired) electrons. The van der Waals surface area contributed by atoms with Crippen LogP contribution in [0.4, 0.5) is 0 Å². The van der Waals surface area contributed by atoms with Crippen molar-refractivity contribution in [3.63, 3.8) is 0 Å². The molecule has 1 aliphatic rings. The molecule has 0 saturated carbocycles. The number of benzene rings is 3. The van der Waals surface area contributed by atoms with Crippen molar-refractivity contribution in [1.29, 1.82) is 0 Å². The smallest absolute Gasteiger partial charge is 0.307 e. The van der Waals surface area contributed by atoms with E-state index in [0.29, 0.717) is 17.1 Å². The average Bonchev–Trinajstić information content (AvgIpc) is 3.25. The lowest BCUT2D eigenvalue weighted by Gasteiger charge is -2.17. The van der Waals surface area contributed by atoms with Gasteiger partial charge >= 0.3 is 5.97 Å². The van der Waals surface area contributed by atoms with Gasteiger partial charge < -0.3 is 14.2 Å². The summed E-state index contributed by atoms with van der Waals surface area (Å²) in [5.41, 5.74) is 2.47. The lowest BCUT2D eigenvalue weighted by molar-refractivity contribution is -0.142. The Morgan fingerprint density at radius 2 is 1.45 bits per heavy atom. The van der Waals surface area contributed by atoms with Gasteiger partial charge in [0.1, 0.15) is 0 Å². The van der Waals surface area contributed by atoms with E-state index in [9.17, 15) is 9.59 Å². The van der Waals surface area contributed by atoms with Crippen LogP contribution in [0.3, 0.4) is 0 Å². The van der Waals surface area contributed by atoms with Crippen LogP contribution < -0.4 is 9.47 Å². The Balaban J connectivity index is 1.41. The zero-order chi connectivity index (χ0) is 20.1. The number of hydrogen-bond donors (Lipinski definition) is 0. The number of Topliss-reactive ketones (excluding diaryl/α,β-unsaturated/α-hetero) is 1. The molecule has 29 heavy (non-hydrogen) atoms. The van der Waals surface area contributed by atoms with Crippen molar-refractivity contribution < 1.29 is 23.8 Å². The third-order valence-electron chi connectivity index (χ3n) is 4.83. The number of rotatable bonds is 7. The highest BCUT2D eigenvalue weighted by molar-refractivity contribution is 5.98. The van der Waals surface area contributed by atoms with E-state index in [0.717, 1.165) is 11.1 Å². The molecule has 3 aromatic rings. The molecule has 146 valence electrons. The summed E-state index contributed by atoms with van der Waals surface area (Å²) in [7, 11) is 0. The van der Waals surface area contributed by atoms with E-state index >= 15 is 0 Å². The topological polar surface area (TPSA) is 61.8 Å². The van der Waals surface area contributed by atoms with E-state index in [1.807, 2.05) is 60.7 Å². The fourth-order valence-corrected chi connectivity index (χ4v) is 3.32. The molecular formula is C24H20O5. The molecule has 5 heteroatoms. The van der Waals surface area contributed by atoms with Crippen LogP contribution in [0, 0.1) is 0 Å². The minimum atomic E-state index is -0.420. The summed E-state index contributed by atoms with van der Waals surface area (Å²) in [4.78, 5) is 24.9. The third-order valence-corrected chi connectivity index (χ3v) is 4.83. The Bertz CT molecular complexity index is 959. The fraction of sp³-hybridized carbons (Fsp3) is 0.167. The van der Waals surface area contributed by atoms with Gasteiger partial charge in [0, 0.05) is 11.5 Å². The number of esters is 1. The molecule has 0 N–H and O–H groups in total. The Kier molecular flexibility index (Phi) is 5.56. The highest BCUT2D eigenvalue weighted by Gasteiger charge is 2.21. The van der Waals surface area contributed by atoms with E-state index in [1.54, 1.807) is 18.2 Å². The summed E-state index contributed by atoms with van der Waals surface area (Å²) in [6.45, 7) is -0.170. The van der Waals surface area contributed by atoms with Gasteiger partial charge in [-0.15, -0.1) is 0 Å². The lowest BCUT2D eigenvalue weighted by atomic mass is 9.89. The van der Waals surface area contributed by atoms with Crippen LogP contribution in [0.15, 0.2) is 78.9 Å². The summed E-state index contributed by atoms with van der Waals surface area (Å²) in [6.07, 6.45) is 0.155. The zero-order valence-electron chi connectivity index (χ0n) is 15.7. The van der Waals surface area contributed by atoms with Crippen LogP contribution in [-0.2, 0) is 9.53 Å². The van der Waals surface area contributed by atoms with Crippen LogP contribution in [0.2, 0.25) is 0 Å². The quantitative estimate of drug-likeness (QED) is 0.444. The van der Waals surface area contributed by atoms with Gasteiger partial charge in [0.05, 0.1) is 6.42 Å². The minimum Gasteiger partial charge on any atom is -0.457 e. The lowest BCUT2D eigenvalue weighted by Crippen LogP contribution is -2.17. The maximum atomic E-state index is 12.5. The normalized spacial score (nSPS) is 12.0. The Morgan fingerprint density at radius 3 is 2.10 bits per heavy atom. The molecule has 0 amide bonds. The molecule has 0 aromatic heterocycles. The number of ether oxygens (including phenoxy) is 3. The van der Waals surface area contributed by atoms with E-state index in [-0.39, 0.29) is 31.5 Å². The molecule has 0 atom stereocenters. The number of carbonyl (C=O) groups is 2. The van der Waals surface area contributed by atoms with Gasteiger partial charge in [-0.05, 0) is 29.3 Å². The molecule has 0 spiro atoms. The maximum absolute atomic E-state index is 12.5. The fourth-order valence-electron chi connectivity index (χ4n) is 3.32. The van der Waals surface area contributed by atoms with E-state index in [1.165, 1.54) is 0 Å². The highest BCUT2D eigenvalue weighted by atomic mass is 16.7. The summed E-state index contributed by atoms with van der Waals surface area (Å²) < 4.78 is 15.8. The van der Waals surface area contributed by atoms with Crippen LogP contribution in [0.5, 0.6) is 11.5 Å². The van der Waals surface area contributed by atoms with E-state index in [4.69, 9.17) is 14.2 Å². The average molecular weight is 388 g/mol. The van der Waals surface area contributed by atoms with Gasteiger partial charge in [-0.25, -0.2) is 0 Å². The van der Waals surface area contributed by atoms with Crippen molar-refractivity contribution in [2.45, 2.75) is 12.3 Å². The first kappa shape index (κ1) is 18.7. The van der Waals surface area contributed by atoms with Crippen LogP contribution in [-0.4, -0.2) is 25.2 Å². The molecule has 3 aromatic carbocycles. The van der Waals surface area contributed by atoms with Crippen molar-refractivity contribution in [1.82, 2.24) is 0 Å². The zero-order valence-corrected chi connectivity index (χ0v) is 15.7. The van der Waals surface area contributed by atoms with Gasteiger partial charge in [0.2, 0.25) is 6.79 Å². The van der Waals surface area contributed by atoms with Crippen LogP contribution in [0.1, 0.15) is 33.8 Å². The van der Waals surface area contributed by atoms with Gasteiger partial charge in [0.25, 0.3) is 0 Å². The Labute approximate surface area is 168 Å². The van der Waals surface area contributed by atoms with Gasteiger partial charge in [0.15, 0.2) is 23.9 Å². The molecule has 1 heterocycles. The predicted molar refractivity (Wildman–Crippen MR) is 107 cm³/mol. The SMILES string of the molecule is O=C(CC(c1ccccc1)c1ccccc1)OCC(=O)c1ccc2c(c1)OCO2. The molecule has 0 bridgehead atoms. The summed E-state index contributed by atoms with van der Waals surface area (Å²) in [6, 6.07) is 24.5. The molecule has 0 saturated heterocycles. The van der Waals surface area contributed by atoms with Crippen LogP contribution in [0.25, 0.3) is 0 Å². The summed E-state index contributed by atoms with van der Waals surface area (Å²) in [5.74, 6) is 0.289. The first-order chi connectivity index (χ1) is 14.2. The third kappa shape index (κ3) is 4.46. The number of ketones is 1. The van der Waals surface area contributed by atoms with Gasteiger partial charge in [-0.3, -0.25) is 9.59 Å². The molecule has 0 aliphatic carbocycles. The van der Waals surface area contributed by atoms with Crippen molar-refractivity contribution in [3.8, 4) is 11.5 Å². The van der Waals surface area contributed by atoms with Crippen molar-refractivity contribution >= 4 is 11.8 Å². The van der Waals surface area contributed by atoms with E-state index < -0.39 is 5.97 Å². The van der Waals surface area contributed by atoms with Crippen molar-refractivity contribution in [3.05, 3.63) is 95.6 Å². The standard InChI is InChI=1S/C24H20O5/c25-21(19-11-12-22-23(13-19)29-16-28-22)15-27-24(26)14-20(17-7-3-1-4-8-17)18-9-5-2-6-10-18/h1-13,20H,14-16H2. The first-order valence-corrected chi connectivity index (χ1v) is 9.39. The second kappa shape index (κ2) is 8.61. The van der Waals surface area contributed by atoms with Crippen molar-refractivity contribution in [2.75, 3.05) is 13.4 Å².